The number of fused-ring (bicyclic) bond motifs is 1. The Morgan fingerprint density at radius 1 is 1.18 bits per heavy atom. The van der Waals surface area contributed by atoms with E-state index in [1.807, 2.05) is 12.1 Å². The molecule has 0 radical (unpaired) electrons. The molecule has 1 amide bonds. The van der Waals surface area contributed by atoms with E-state index in [-0.39, 0.29) is 35.4 Å². The number of hydrogen-bond acceptors (Lipinski definition) is 7. The molecule has 4 N–H and O–H groups in total. The van der Waals surface area contributed by atoms with Crippen LogP contribution in [0.15, 0.2) is 41.3 Å². The zero-order chi connectivity index (χ0) is 27.4. The molecule has 0 bridgehead atoms. The molecule has 2 aliphatic rings. The third kappa shape index (κ3) is 5.00. The van der Waals surface area contributed by atoms with Gasteiger partial charge in [-0.2, -0.15) is 0 Å². The monoisotopic (exact) mass is 523 g/mol. The molecular weight excluding hydrogens is 493 g/mol. The first-order valence-electron chi connectivity index (χ1n) is 12.5. The first-order chi connectivity index (χ1) is 17.9. The molecule has 1 saturated carbocycles. The van der Waals surface area contributed by atoms with Gasteiger partial charge >= 0.3 is 12.1 Å². The minimum atomic E-state index is -1.36. The van der Waals surface area contributed by atoms with Crippen LogP contribution in [0, 0.1) is 5.82 Å². The third-order valence-corrected chi connectivity index (χ3v) is 6.80. The van der Waals surface area contributed by atoms with Crippen LogP contribution in [0.1, 0.15) is 61.5 Å². The molecule has 1 aliphatic carbocycles. The van der Waals surface area contributed by atoms with Gasteiger partial charge in [0, 0.05) is 36.9 Å². The highest BCUT2D eigenvalue weighted by atomic mass is 19.1. The number of aromatic carboxylic acids is 1. The number of hydrogen-bond donors (Lipinski definition) is 3. The molecule has 1 aromatic carbocycles. The van der Waals surface area contributed by atoms with Crippen LogP contribution >= 0.6 is 0 Å². The van der Waals surface area contributed by atoms with Gasteiger partial charge in [0.05, 0.1) is 11.4 Å². The minimum Gasteiger partial charge on any atom is -0.477 e. The van der Waals surface area contributed by atoms with Crippen LogP contribution in [0.2, 0.25) is 0 Å². The molecule has 200 valence electrons. The summed E-state index contributed by atoms with van der Waals surface area (Å²) in [6.45, 7) is 5.89. The average Bonchev–Trinajstić information content (AvgIpc) is 3.59. The predicted octanol–water partition coefficient (Wildman–Crippen LogP) is 3.65. The molecule has 2 atom stereocenters. The molecule has 3 heterocycles. The van der Waals surface area contributed by atoms with E-state index in [9.17, 15) is 19.5 Å². The Labute approximate surface area is 218 Å². The van der Waals surface area contributed by atoms with Gasteiger partial charge in [0.1, 0.15) is 16.8 Å². The van der Waals surface area contributed by atoms with Crippen molar-refractivity contribution in [2.75, 3.05) is 23.7 Å². The largest absolute Gasteiger partial charge is 0.477 e. The van der Waals surface area contributed by atoms with Crippen LogP contribution in [0.5, 0.6) is 0 Å². The van der Waals surface area contributed by atoms with Crippen LogP contribution in [0.4, 0.5) is 20.7 Å². The van der Waals surface area contributed by atoms with Crippen molar-refractivity contribution in [3.63, 3.8) is 0 Å². The van der Waals surface area contributed by atoms with E-state index in [2.05, 4.69) is 10.3 Å². The Balaban J connectivity index is 1.54. The number of pyridine rings is 2. The average molecular weight is 524 g/mol. The molecule has 2 fully saturated rings. The number of rotatable bonds is 5. The fraction of sp³-hybridized carbons (Fsp3) is 0.407. The van der Waals surface area contributed by atoms with Gasteiger partial charge in [0.15, 0.2) is 11.6 Å². The number of carboxylic acids is 1. The minimum absolute atomic E-state index is 0.00435. The number of nitrogens with one attached hydrogen (secondary N) is 1. The van der Waals surface area contributed by atoms with Crippen molar-refractivity contribution in [3.8, 4) is 0 Å². The number of alkyl carbamates (subject to hydrolysis) is 1. The molecule has 5 rings (SSSR count). The zero-order valence-corrected chi connectivity index (χ0v) is 21.4. The van der Waals surface area contributed by atoms with Gasteiger partial charge in [-0.1, -0.05) is 12.1 Å². The Morgan fingerprint density at radius 2 is 1.87 bits per heavy atom. The van der Waals surface area contributed by atoms with Crippen molar-refractivity contribution in [2.24, 2.45) is 0 Å². The molecule has 10 nitrogen and oxygen atoms in total. The summed E-state index contributed by atoms with van der Waals surface area (Å²) in [6, 6.07) is 7.93. The number of ether oxygens (including phenoxy) is 1. The highest BCUT2D eigenvalue weighted by Crippen LogP contribution is 2.38. The highest BCUT2D eigenvalue weighted by Gasteiger charge is 2.38. The van der Waals surface area contributed by atoms with Crippen LogP contribution in [-0.2, 0) is 4.74 Å². The van der Waals surface area contributed by atoms with Gasteiger partial charge in [0.2, 0.25) is 5.43 Å². The Kier molecular flexibility index (Phi) is 6.24. The number of anilines is 2. The quantitative estimate of drug-likeness (QED) is 0.431. The summed E-state index contributed by atoms with van der Waals surface area (Å²) < 4.78 is 22.6. The number of nitrogen functional groups attached to an aromatic ring is 1. The molecule has 11 heteroatoms. The van der Waals surface area contributed by atoms with Crippen LogP contribution < -0.4 is 21.4 Å². The standard InChI is InChI=1S/C27H30FN5O5/c1-27(2,3)38-26(37)30-21-13-32(11-18(21)14-4-6-15(29)7-5-14)24-20(28)10-17-22(34)19(25(35)36)12-33(16-8-9-16)23(17)31-24/h4-7,10,12,16,18,21H,8-9,11,13,29H2,1-3H3,(H,30,37)(H,35,36)/t18-,21+/m0/s1. The Morgan fingerprint density at radius 3 is 2.47 bits per heavy atom. The van der Waals surface area contributed by atoms with Crippen molar-refractivity contribution in [2.45, 2.75) is 57.2 Å². The number of carbonyl (C=O) groups is 2. The summed E-state index contributed by atoms with van der Waals surface area (Å²) in [7, 11) is 0. The van der Waals surface area contributed by atoms with E-state index in [0.29, 0.717) is 12.2 Å². The molecule has 2 aromatic heterocycles. The second-order valence-corrected chi connectivity index (χ2v) is 10.9. The summed E-state index contributed by atoms with van der Waals surface area (Å²) in [4.78, 5) is 43.4. The van der Waals surface area contributed by atoms with Crippen molar-refractivity contribution >= 4 is 34.6 Å². The molecular formula is C27H30FN5O5. The third-order valence-electron chi connectivity index (χ3n) is 6.80. The summed E-state index contributed by atoms with van der Waals surface area (Å²) >= 11 is 0. The molecule has 0 spiro atoms. The molecule has 1 saturated heterocycles. The van der Waals surface area contributed by atoms with E-state index < -0.39 is 40.5 Å². The van der Waals surface area contributed by atoms with E-state index in [1.54, 1.807) is 42.4 Å². The van der Waals surface area contributed by atoms with E-state index in [1.165, 1.54) is 6.20 Å². The molecule has 1 aliphatic heterocycles. The fourth-order valence-electron chi connectivity index (χ4n) is 4.91. The fourth-order valence-corrected chi connectivity index (χ4v) is 4.91. The number of aromatic nitrogens is 2. The number of amides is 1. The first kappa shape index (κ1) is 25.5. The second kappa shape index (κ2) is 9.30. The van der Waals surface area contributed by atoms with Crippen molar-refractivity contribution in [1.82, 2.24) is 14.9 Å². The van der Waals surface area contributed by atoms with Crippen molar-refractivity contribution in [1.29, 1.82) is 0 Å². The summed E-state index contributed by atoms with van der Waals surface area (Å²) in [6.07, 6.45) is 2.35. The first-order valence-corrected chi connectivity index (χ1v) is 12.5. The predicted molar refractivity (Wildman–Crippen MR) is 140 cm³/mol. The van der Waals surface area contributed by atoms with Gasteiger partial charge in [-0.05, 0) is 57.4 Å². The lowest BCUT2D eigenvalue weighted by Gasteiger charge is -2.24. The summed E-state index contributed by atoms with van der Waals surface area (Å²) in [5.41, 5.74) is 5.74. The summed E-state index contributed by atoms with van der Waals surface area (Å²) in [5.74, 6) is -2.30. The van der Waals surface area contributed by atoms with Gasteiger partial charge in [0.25, 0.3) is 0 Å². The summed E-state index contributed by atoms with van der Waals surface area (Å²) in [5, 5.41) is 12.3. The van der Waals surface area contributed by atoms with Gasteiger partial charge in [-0.15, -0.1) is 0 Å². The number of carboxylic acid groups (broad SMARTS) is 1. The van der Waals surface area contributed by atoms with Crippen LogP contribution in [0.3, 0.4) is 0 Å². The molecule has 0 unspecified atom stereocenters. The lowest BCUT2D eigenvalue weighted by Crippen LogP contribution is -2.42. The number of carbonyl (C=O) groups excluding carboxylic acids is 1. The maximum atomic E-state index is 15.5. The number of halogens is 1. The van der Waals surface area contributed by atoms with Crippen LogP contribution in [-0.4, -0.2) is 51.5 Å². The van der Waals surface area contributed by atoms with E-state index in [0.717, 1.165) is 24.5 Å². The Hall–Kier alpha value is -4.15. The lowest BCUT2D eigenvalue weighted by atomic mass is 9.94. The van der Waals surface area contributed by atoms with E-state index in [4.69, 9.17) is 10.5 Å². The normalized spacial score (nSPS) is 19.5. The van der Waals surface area contributed by atoms with Gasteiger partial charge in [-0.25, -0.2) is 19.0 Å². The number of nitrogens with zero attached hydrogens (tertiary/aromatic N) is 3. The highest BCUT2D eigenvalue weighted by molar-refractivity contribution is 5.92. The van der Waals surface area contributed by atoms with E-state index >= 15 is 4.39 Å². The van der Waals surface area contributed by atoms with Gasteiger partial charge in [-0.3, -0.25) is 4.79 Å². The lowest BCUT2D eigenvalue weighted by molar-refractivity contribution is 0.0504. The van der Waals surface area contributed by atoms with Crippen LogP contribution in [0.25, 0.3) is 11.0 Å². The second-order valence-electron chi connectivity index (χ2n) is 10.9. The molecule has 3 aromatic rings. The maximum Gasteiger partial charge on any atom is 0.407 e. The SMILES string of the molecule is CC(C)(C)OC(=O)N[C@@H]1CN(c2nc3c(cc2F)c(=O)c(C(=O)O)cn3C2CC2)C[C@H]1c1ccc(N)cc1. The van der Waals surface area contributed by atoms with Crippen molar-refractivity contribution < 1.29 is 23.8 Å². The number of benzene rings is 1. The smallest absolute Gasteiger partial charge is 0.407 e. The molecule has 38 heavy (non-hydrogen) atoms. The van der Waals surface area contributed by atoms with Gasteiger partial charge < -0.3 is 30.4 Å². The number of nitrogens with two attached hydrogens (primary N) is 1. The maximum absolute atomic E-state index is 15.5. The van der Waals surface area contributed by atoms with Crippen molar-refractivity contribution in [3.05, 3.63) is 63.7 Å². The Bertz CT molecular complexity index is 1480. The topological polar surface area (TPSA) is 140 Å². The zero-order valence-electron chi connectivity index (χ0n) is 21.4.